The minimum Gasteiger partial charge on any atom is -0.368 e. The molecule has 3 heterocycles. The lowest BCUT2D eigenvalue weighted by atomic mass is 10.0. The van der Waals surface area contributed by atoms with E-state index < -0.39 is 29.6 Å². The van der Waals surface area contributed by atoms with Crippen molar-refractivity contribution in [1.82, 2.24) is 30.2 Å². The number of carbonyl (C=O) groups is 2. The van der Waals surface area contributed by atoms with Crippen molar-refractivity contribution in [2.45, 2.75) is 25.7 Å². The van der Waals surface area contributed by atoms with Gasteiger partial charge in [-0.25, -0.2) is 19.9 Å². The van der Waals surface area contributed by atoms with E-state index in [1.165, 1.54) is 18.5 Å². The highest BCUT2D eigenvalue weighted by molar-refractivity contribution is 6.04. The molecular weight excluding hydrogens is 599 g/mol. The van der Waals surface area contributed by atoms with Gasteiger partial charge in [0.2, 0.25) is 11.9 Å². The predicted molar refractivity (Wildman–Crippen MR) is 160 cm³/mol. The van der Waals surface area contributed by atoms with E-state index in [-0.39, 0.29) is 36.6 Å². The normalized spacial score (nSPS) is 15.2. The van der Waals surface area contributed by atoms with Gasteiger partial charge in [0.25, 0.3) is 5.91 Å². The number of piperazine rings is 1. The summed E-state index contributed by atoms with van der Waals surface area (Å²) in [6.45, 7) is 2.86. The van der Waals surface area contributed by atoms with Gasteiger partial charge in [0, 0.05) is 67.3 Å². The number of primary amides is 1. The van der Waals surface area contributed by atoms with Crippen LogP contribution in [0.2, 0.25) is 0 Å². The van der Waals surface area contributed by atoms with Gasteiger partial charge >= 0.3 is 6.18 Å². The van der Waals surface area contributed by atoms with Gasteiger partial charge in [-0.3, -0.25) is 14.5 Å². The van der Waals surface area contributed by atoms with Crippen molar-refractivity contribution < 1.29 is 22.8 Å². The average Bonchev–Trinajstić information content (AvgIpc) is 2.99. The number of hydrogen-bond acceptors (Lipinski definition) is 9. The molecule has 1 atom stereocenters. The fraction of sp³-hybridized carbons (Fsp3) is 0.241. The van der Waals surface area contributed by atoms with E-state index in [2.05, 4.69) is 35.9 Å². The number of nitrogens with zero attached hydrogens (tertiary/aromatic N) is 5. The first-order valence-corrected chi connectivity index (χ1v) is 13.3. The number of amides is 2. The number of nitrogens with one attached hydrogen (secondary N) is 3. The molecule has 44 heavy (non-hydrogen) atoms. The topological polar surface area (TPSA) is 151 Å². The fourth-order valence-corrected chi connectivity index (χ4v) is 4.67. The molecule has 1 aliphatic rings. The Bertz CT molecular complexity index is 1640. The van der Waals surface area contributed by atoms with Crippen molar-refractivity contribution >= 4 is 41.5 Å². The molecule has 0 bridgehead atoms. The van der Waals surface area contributed by atoms with Crippen LogP contribution in [-0.4, -0.2) is 62.3 Å². The summed E-state index contributed by atoms with van der Waals surface area (Å²) in [5.41, 5.74) is 7.38. The molecule has 15 heteroatoms. The van der Waals surface area contributed by atoms with Gasteiger partial charge in [-0.1, -0.05) is 12.1 Å². The highest BCUT2D eigenvalue weighted by atomic mass is 35.5. The third-order valence-corrected chi connectivity index (χ3v) is 6.93. The molecule has 5 N–H and O–H groups in total. The van der Waals surface area contributed by atoms with Gasteiger partial charge in [0.05, 0.1) is 17.3 Å². The lowest BCUT2D eigenvalue weighted by Crippen LogP contribution is -2.55. The third kappa shape index (κ3) is 7.83. The Balaban J connectivity index is 0.00000442. The first-order chi connectivity index (χ1) is 20.6. The standard InChI is InChI=1S/C29H28F3N9O2.ClH/c1-17-2-5-21(11-24(17)40-28-37-7-6-23(39-28)20-12-34-16-35-13-20)38-27(43)18-3-4-19(22(10-18)29(30,31)32)14-41-9-8-36-25(15-41)26(33)42;/h2-7,10-13,16,25,36H,8-9,14-15H2,1H3,(H2,33,42)(H,38,43)(H,37,39,40);1H. The summed E-state index contributed by atoms with van der Waals surface area (Å²) in [5, 5.41) is 8.74. The number of halogens is 4. The molecule has 1 aliphatic heterocycles. The highest BCUT2D eigenvalue weighted by Gasteiger charge is 2.35. The van der Waals surface area contributed by atoms with Crippen LogP contribution < -0.4 is 21.7 Å². The van der Waals surface area contributed by atoms with Crippen LogP contribution in [0.5, 0.6) is 0 Å². The quantitative estimate of drug-likeness (QED) is 0.228. The van der Waals surface area contributed by atoms with Gasteiger partial charge in [0.1, 0.15) is 6.33 Å². The molecule has 0 aliphatic carbocycles. The van der Waals surface area contributed by atoms with E-state index in [0.717, 1.165) is 11.6 Å². The Kier molecular flexibility index (Phi) is 10.1. The van der Waals surface area contributed by atoms with E-state index in [1.807, 2.05) is 6.92 Å². The van der Waals surface area contributed by atoms with Gasteiger partial charge in [0.15, 0.2) is 0 Å². The van der Waals surface area contributed by atoms with Crippen LogP contribution in [0.1, 0.15) is 27.0 Å². The summed E-state index contributed by atoms with van der Waals surface area (Å²) in [6, 6.07) is 9.62. The number of nitrogens with two attached hydrogens (primary N) is 1. The Labute approximate surface area is 256 Å². The molecule has 2 aromatic heterocycles. The number of rotatable bonds is 8. The molecule has 230 valence electrons. The highest BCUT2D eigenvalue weighted by Crippen LogP contribution is 2.34. The smallest absolute Gasteiger partial charge is 0.368 e. The minimum atomic E-state index is -4.69. The molecule has 4 aromatic rings. The molecule has 2 aromatic carbocycles. The maximum Gasteiger partial charge on any atom is 0.416 e. The molecule has 1 fully saturated rings. The zero-order valence-electron chi connectivity index (χ0n) is 23.4. The zero-order valence-corrected chi connectivity index (χ0v) is 24.2. The molecule has 0 spiro atoms. The summed E-state index contributed by atoms with van der Waals surface area (Å²) in [4.78, 5) is 43.1. The van der Waals surface area contributed by atoms with Crippen LogP contribution in [0, 0.1) is 6.92 Å². The van der Waals surface area contributed by atoms with E-state index in [1.54, 1.807) is 47.8 Å². The Morgan fingerprint density at radius 3 is 2.61 bits per heavy atom. The van der Waals surface area contributed by atoms with Gasteiger partial charge in [-0.05, 0) is 48.4 Å². The average molecular weight is 628 g/mol. The number of anilines is 3. The van der Waals surface area contributed by atoms with Crippen molar-refractivity contribution in [2.75, 3.05) is 30.3 Å². The van der Waals surface area contributed by atoms with Crippen molar-refractivity contribution in [3.8, 4) is 11.3 Å². The SMILES string of the molecule is Cc1ccc(NC(=O)c2ccc(CN3CCNC(C(N)=O)C3)c(C(F)(F)F)c2)cc1Nc1nccc(-c2cncnc2)n1.Cl. The monoisotopic (exact) mass is 627 g/mol. The number of benzene rings is 2. The molecule has 0 saturated carbocycles. The maximum atomic E-state index is 14.1. The van der Waals surface area contributed by atoms with Crippen LogP contribution >= 0.6 is 12.4 Å². The number of carbonyl (C=O) groups excluding carboxylic acids is 2. The van der Waals surface area contributed by atoms with Crippen LogP contribution in [0.3, 0.4) is 0 Å². The molecule has 11 nitrogen and oxygen atoms in total. The molecule has 0 radical (unpaired) electrons. The first kappa shape index (κ1) is 32.3. The van der Waals surface area contributed by atoms with E-state index in [4.69, 9.17) is 5.73 Å². The molecule has 5 rings (SSSR count). The summed E-state index contributed by atoms with van der Waals surface area (Å²) >= 11 is 0. The largest absolute Gasteiger partial charge is 0.416 e. The summed E-state index contributed by atoms with van der Waals surface area (Å²) in [6.07, 6.45) is 1.56. The van der Waals surface area contributed by atoms with E-state index in [0.29, 0.717) is 41.7 Å². The third-order valence-electron chi connectivity index (χ3n) is 6.93. The van der Waals surface area contributed by atoms with Crippen LogP contribution in [0.15, 0.2) is 67.4 Å². The summed E-state index contributed by atoms with van der Waals surface area (Å²) < 4.78 is 42.2. The summed E-state index contributed by atoms with van der Waals surface area (Å²) in [5.74, 6) is -0.972. The van der Waals surface area contributed by atoms with Crippen molar-refractivity contribution in [2.24, 2.45) is 5.73 Å². The molecule has 1 saturated heterocycles. The fourth-order valence-electron chi connectivity index (χ4n) is 4.67. The Morgan fingerprint density at radius 1 is 1.11 bits per heavy atom. The van der Waals surface area contributed by atoms with Crippen molar-refractivity contribution in [1.29, 1.82) is 0 Å². The molecular formula is C29H29ClF3N9O2. The van der Waals surface area contributed by atoms with Gasteiger partial charge < -0.3 is 21.7 Å². The van der Waals surface area contributed by atoms with Crippen molar-refractivity contribution in [3.63, 3.8) is 0 Å². The van der Waals surface area contributed by atoms with Crippen LogP contribution in [-0.2, 0) is 17.5 Å². The van der Waals surface area contributed by atoms with Gasteiger partial charge in [-0.2, -0.15) is 13.2 Å². The Morgan fingerprint density at radius 2 is 1.89 bits per heavy atom. The van der Waals surface area contributed by atoms with E-state index in [9.17, 15) is 22.8 Å². The lowest BCUT2D eigenvalue weighted by molar-refractivity contribution is -0.138. The Hall–Kier alpha value is -4.66. The molecule has 2 amide bonds. The second kappa shape index (κ2) is 13.8. The van der Waals surface area contributed by atoms with Crippen molar-refractivity contribution in [3.05, 3.63) is 89.6 Å². The first-order valence-electron chi connectivity index (χ1n) is 13.3. The van der Waals surface area contributed by atoms with Crippen LogP contribution in [0.4, 0.5) is 30.5 Å². The van der Waals surface area contributed by atoms with Crippen LogP contribution in [0.25, 0.3) is 11.3 Å². The number of aryl methyl sites for hydroxylation is 1. The van der Waals surface area contributed by atoms with E-state index >= 15 is 0 Å². The predicted octanol–water partition coefficient (Wildman–Crippen LogP) is 3.94. The number of alkyl halides is 3. The second-order valence-electron chi connectivity index (χ2n) is 10.0. The summed E-state index contributed by atoms with van der Waals surface area (Å²) in [7, 11) is 0. The lowest BCUT2D eigenvalue weighted by Gasteiger charge is -2.32. The molecule has 1 unspecified atom stereocenters. The van der Waals surface area contributed by atoms with Gasteiger partial charge in [-0.15, -0.1) is 12.4 Å². The number of aromatic nitrogens is 4. The maximum absolute atomic E-state index is 14.1. The number of hydrogen-bond donors (Lipinski definition) is 4. The zero-order chi connectivity index (χ0) is 30.6. The second-order valence-corrected chi connectivity index (χ2v) is 10.0. The minimum absolute atomic E-state index is 0.